The number of carbonyl (C=O) groups is 6. The van der Waals surface area contributed by atoms with E-state index < -0.39 is 60.4 Å². The summed E-state index contributed by atoms with van der Waals surface area (Å²) < 4.78 is 31.7. The van der Waals surface area contributed by atoms with Gasteiger partial charge in [0, 0.05) is 18.9 Å². The van der Waals surface area contributed by atoms with Gasteiger partial charge in [-0.3, -0.25) is 29.0 Å². The van der Waals surface area contributed by atoms with Crippen LogP contribution in [0.3, 0.4) is 0 Å². The number of primary amides is 1. The van der Waals surface area contributed by atoms with Crippen molar-refractivity contribution in [3.05, 3.63) is 30.1 Å². The van der Waals surface area contributed by atoms with E-state index in [2.05, 4.69) is 15.6 Å². The molecule has 0 saturated carbocycles. The van der Waals surface area contributed by atoms with Gasteiger partial charge < -0.3 is 31.5 Å². The molecule has 0 radical (unpaired) electrons. The van der Waals surface area contributed by atoms with Crippen LogP contribution in [-0.2, 0) is 35.2 Å². The van der Waals surface area contributed by atoms with E-state index in [1.165, 1.54) is 11.8 Å². The number of carboxylic acid groups (broad SMARTS) is 2. The zero-order valence-electron chi connectivity index (χ0n) is 19.5. The lowest BCUT2D eigenvalue weighted by Gasteiger charge is -2.28. The molecular formula is C21H26F3N5O8. The number of nitrogens with zero attached hydrogens (tertiary/aromatic N) is 2. The molecule has 0 spiro atoms. The average molecular weight is 533 g/mol. The molecule has 0 unspecified atom stereocenters. The van der Waals surface area contributed by atoms with Crippen molar-refractivity contribution >= 4 is 35.6 Å². The highest BCUT2D eigenvalue weighted by molar-refractivity contribution is 5.95. The van der Waals surface area contributed by atoms with E-state index in [1.807, 2.05) is 0 Å². The standard InChI is InChI=1S/C19H25N5O6.C2HF3O2/c1-11(22-15(25)9-12-4-6-21-7-5-12)19(30)24-8-2-3-14(24)18(29)23-13(17(20)28)10-16(26)27;3-2(4,5)1(6)7/h4-7,11,13-14H,2-3,8-10H2,1H3,(H2,20,28)(H,22,25)(H,23,29)(H,26,27);(H,6,7)/t11-,13-,14+;/m0./s1. The molecule has 37 heavy (non-hydrogen) atoms. The third kappa shape index (κ3) is 10.5. The van der Waals surface area contributed by atoms with E-state index in [-0.39, 0.29) is 12.3 Å². The lowest BCUT2D eigenvalue weighted by atomic mass is 10.1. The Bertz CT molecular complexity index is 1010. The summed E-state index contributed by atoms with van der Waals surface area (Å²) in [5.74, 6) is -6.46. The number of pyridine rings is 1. The van der Waals surface area contributed by atoms with Crippen molar-refractivity contribution in [1.29, 1.82) is 0 Å². The highest BCUT2D eigenvalue weighted by atomic mass is 19.4. The molecule has 0 bridgehead atoms. The normalized spacial score (nSPS) is 16.4. The van der Waals surface area contributed by atoms with Crippen LogP contribution in [0, 0.1) is 0 Å². The molecule has 1 aliphatic heterocycles. The van der Waals surface area contributed by atoms with Crippen LogP contribution in [0.4, 0.5) is 13.2 Å². The molecule has 3 atom stereocenters. The van der Waals surface area contributed by atoms with Gasteiger partial charge in [-0.1, -0.05) is 0 Å². The molecular weight excluding hydrogens is 507 g/mol. The molecule has 2 heterocycles. The predicted octanol–water partition coefficient (Wildman–Crippen LogP) is -0.802. The van der Waals surface area contributed by atoms with Gasteiger partial charge in [0.05, 0.1) is 12.8 Å². The van der Waals surface area contributed by atoms with Gasteiger partial charge in [-0.15, -0.1) is 0 Å². The van der Waals surface area contributed by atoms with Gasteiger partial charge in [0.1, 0.15) is 18.1 Å². The van der Waals surface area contributed by atoms with E-state index >= 15 is 0 Å². The third-order valence-electron chi connectivity index (χ3n) is 4.98. The van der Waals surface area contributed by atoms with E-state index in [9.17, 15) is 37.1 Å². The lowest BCUT2D eigenvalue weighted by Crippen LogP contribution is -2.55. The van der Waals surface area contributed by atoms with Crippen LogP contribution >= 0.6 is 0 Å². The SMILES string of the molecule is C[C@H](NC(=O)Cc1ccncc1)C(=O)N1CCC[C@@H]1C(=O)N[C@@H](CC(=O)O)C(N)=O.O=C(O)C(F)(F)F. The maximum absolute atomic E-state index is 12.8. The van der Waals surface area contributed by atoms with Crippen molar-refractivity contribution in [3.63, 3.8) is 0 Å². The Labute approximate surface area is 208 Å². The van der Waals surface area contributed by atoms with Crippen LogP contribution in [0.5, 0.6) is 0 Å². The number of halogens is 3. The van der Waals surface area contributed by atoms with Gasteiger partial charge in [-0.25, -0.2) is 4.79 Å². The number of amides is 4. The number of carbonyl (C=O) groups excluding carboxylic acids is 4. The Morgan fingerprint density at radius 2 is 1.70 bits per heavy atom. The summed E-state index contributed by atoms with van der Waals surface area (Å²) in [4.78, 5) is 73.8. The Balaban J connectivity index is 0.000000856. The molecule has 2 rings (SSSR count). The molecule has 4 amide bonds. The first-order valence-corrected chi connectivity index (χ1v) is 10.7. The fourth-order valence-electron chi connectivity index (χ4n) is 3.26. The number of hydrogen-bond donors (Lipinski definition) is 5. The Kier molecular flexibility index (Phi) is 11.4. The smallest absolute Gasteiger partial charge is 0.481 e. The van der Waals surface area contributed by atoms with E-state index in [0.29, 0.717) is 19.4 Å². The highest BCUT2D eigenvalue weighted by Crippen LogP contribution is 2.19. The number of carboxylic acids is 2. The first-order chi connectivity index (χ1) is 17.1. The van der Waals surface area contributed by atoms with Crippen LogP contribution in [0.2, 0.25) is 0 Å². The summed E-state index contributed by atoms with van der Waals surface area (Å²) in [5.41, 5.74) is 5.89. The number of rotatable bonds is 9. The molecule has 1 fully saturated rings. The minimum absolute atomic E-state index is 0.0829. The second-order valence-electron chi connectivity index (χ2n) is 7.88. The summed E-state index contributed by atoms with van der Waals surface area (Å²) in [7, 11) is 0. The largest absolute Gasteiger partial charge is 0.490 e. The molecule has 1 aliphatic rings. The highest BCUT2D eigenvalue weighted by Gasteiger charge is 2.39. The Hall–Kier alpha value is -4.24. The maximum Gasteiger partial charge on any atom is 0.490 e. The van der Waals surface area contributed by atoms with E-state index in [4.69, 9.17) is 20.7 Å². The zero-order chi connectivity index (χ0) is 28.3. The minimum Gasteiger partial charge on any atom is -0.481 e. The third-order valence-corrected chi connectivity index (χ3v) is 4.98. The van der Waals surface area contributed by atoms with Gasteiger partial charge in [0.2, 0.25) is 23.6 Å². The van der Waals surface area contributed by atoms with Crippen LogP contribution < -0.4 is 16.4 Å². The topological polar surface area (TPSA) is 209 Å². The van der Waals surface area contributed by atoms with E-state index in [0.717, 1.165) is 5.56 Å². The number of aromatic nitrogens is 1. The van der Waals surface area contributed by atoms with Crippen molar-refractivity contribution in [2.24, 2.45) is 5.73 Å². The van der Waals surface area contributed by atoms with Gasteiger partial charge in [-0.2, -0.15) is 13.2 Å². The minimum atomic E-state index is -5.08. The molecule has 13 nitrogen and oxygen atoms in total. The summed E-state index contributed by atoms with van der Waals surface area (Å²) in [6, 6.07) is 0.287. The Morgan fingerprint density at radius 1 is 1.14 bits per heavy atom. The van der Waals surface area contributed by atoms with Crippen LogP contribution in [0.1, 0.15) is 31.7 Å². The zero-order valence-corrected chi connectivity index (χ0v) is 19.5. The van der Waals surface area contributed by atoms with Crippen LogP contribution in [-0.4, -0.2) is 86.5 Å². The predicted molar refractivity (Wildman–Crippen MR) is 117 cm³/mol. The van der Waals surface area contributed by atoms with Gasteiger partial charge in [-0.05, 0) is 37.5 Å². The molecule has 0 aliphatic carbocycles. The molecule has 6 N–H and O–H groups in total. The number of aliphatic carboxylic acids is 2. The quantitative estimate of drug-likeness (QED) is 0.269. The molecule has 1 aromatic heterocycles. The molecule has 1 aromatic rings. The fourth-order valence-corrected chi connectivity index (χ4v) is 3.26. The van der Waals surface area contributed by atoms with Crippen molar-refractivity contribution in [2.75, 3.05) is 6.54 Å². The van der Waals surface area contributed by atoms with Crippen LogP contribution in [0.15, 0.2) is 24.5 Å². The van der Waals surface area contributed by atoms with Crippen LogP contribution in [0.25, 0.3) is 0 Å². The van der Waals surface area contributed by atoms with Gasteiger partial charge >= 0.3 is 18.1 Å². The second kappa shape index (κ2) is 13.7. The molecule has 0 aromatic carbocycles. The number of likely N-dealkylation sites (tertiary alicyclic amines) is 1. The first kappa shape index (κ1) is 30.8. The molecule has 204 valence electrons. The number of nitrogens with one attached hydrogen (secondary N) is 2. The summed E-state index contributed by atoms with van der Waals surface area (Å²) in [6.07, 6.45) is -1.61. The second-order valence-corrected chi connectivity index (χ2v) is 7.88. The summed E-state index contributed by atoms with van der Waals surface area (Å²) >= 11 is 0. The van der Waals surface area contributed by atoms with Crippen molar-refractivity contribution in [3.8, 4) is 0 Å². The molecule has 16 heteroatoms. The molecule has 1 saturated heterocycles. The maximum atomic E-state index is 12.8. The van der Waals surface area contributed by atoms with Gasteiger partial charge in [0.15, 0.2) is 0 Å². The number of nitrogens with two attached hydrogens (primary N) is 1. The first-order valence-electron chi connectivity index (χ1n) is 10.7. The monoisotopic (exact) mass is 533 g/mol. The van der Waals surface area contributed by atoms with E-state index in [1.54, 1.807) is 24.5 Å². The van der Waals surface area contributed by atoms with Gasteiger partial charge in [0.25, 0.3) is 0 Å². The van der Waals surface area contributed by atoms with Crippen molar-refractivity contribution in [2.45, 2.75) is 56.9 Å². The number of hydrogen-bond acceptors (Lipinski definition) is 7. The Morgan fingerprint density at radius 3 is 2.19 bits per heavy atom. The summed E-state index contributed by atoms with van der Waals surface area (Å²) in [5, 5.41) is 20.9. The average Bonchev–Trinajstić information content (AvgIpc) is 3.28. The summed E-state index contributed by atoms with van der Waals surface area (Å²) in [6.45, 7) is 1.83. The fraction of sp³-hybridized carbons (Fsp3) is 0.476. The van der Waals surface area contributed by atoms with Crippen molar-refractivity contribution < 1.29 is 52.2 Å². The lowest BCUT2D eigenvalue weighted by molar-refractivity contribution is -0.192. The van der Waals surface area contributed by atoms with Crippen molar-refractivity contribution in [1.82, 2.24) is 20.5 Å². The number of alkyl halides is 3.